The lowest BCUT2D eigenvalue weighted by Gasteiger charge is -1.97. The fraction of sp³-hybridized carbons (Fsp3) is 0. The molecule has 0 aliphatic heterocycles. The molecule has 2 aromatic rings. The van der Waals surface area contributed by atoms with E-state index in [1.165, 1.54) is 6.26 Å². The molecule has 0 saturated heterocycles. The number of rotatable bonds is 1. The molecule has 62 valence electrons. The molecule has 1 unspecified atom stereocenters. The zero-order valence-corrected chi connectivity index (χ0v) is 7.40. The van der Waals surface area contributed by atoms with Crippen LogP contribution in [0.3, 0.4) is 0 Å². The summed E-state index contributed by atoms with van der Waals surface area (Å²) in [5, 5.41) is 12.9. The zero-order valence-electron chi connectivity index (χ0n) is 6.24. The molecule has 3 nitrogen and oxygen atoms in total. The van der Waals surface area contributed by atoms with Crippen LogP contribution in [0.25, 0.3) is 11.0 Å². The largest absolute Gasteiger partial charge is 0.504 e. The second-order valence-electron chi connectivity index (χ2n) is 2.48. The van der Waals surface area contributed by atoms with Gasteiger partial charge >= 0.3 is 0 Å². The summed E-state index contributed by atoms with van der Waals surface area (Å²) < 4.78 is 5.06. The third kappa shape index (κ3) is 1.03. The van der Waals surface area contributed by atoms with Gasteiger partial charge in [0.1, 0.15) is 11.8 Å². The molecule has 1 aromatic carbocycles. The summed E-state index contributed by atoms with van der Waals surface area (Å²) in [5.74, 6) is 0.173. The molecule has 12 heavy (non-hydrogen) atoms. The second-order valence-corrected chi connectivity index (χ2v) is 2.76. The number of nitrogens with one attached hydrogen (secondary N) is 1. The third-order valence-electron chi connectivity index (χ3n) is 1.72. The first-order valence-electron chi connectivity index (χ1n) is 3.48. The molecule has 2 N–H and O–H groups in total. The first kappa shape index (κ1) is 7.44. The quantitative estimate of drug-likeness (QED) is 0.663. The number of benzene rings is 1. The summed E-state index contributed by atoms with van der Waals surface area (Å²) in [5.41, 5.74) is 1.61. The second kappa shape index (κ2) is 2.68. The lowest BCUT2D eigenvalue weighted by molar-refractivity contribution is 0.464. The van der Waals surface area contributed by atoms with Gasteiger partial charge < -0.3 is 14.6 Å². The lowest BCUT2D eigenvalue weighted by atomic mass is 10.2. The Morgan fingerprint density at radius 3 is 3.00 bits per heavy atom. The van der Waals surface area contributed by atoms with E-state index in [1.807, 2.05) is 12.1 Å². The maximum Gasteiger partial charge on any atom is 0.161 e. The van der Waals surface area contributed by atoms with E-state index < -0.39 is 0 Å². The molecule has 0 aliphatic rings. The number of furan rings is 1. The Labute approximate surface area is 71.6 Å². The number of aromatic hydroxyl groups is 1. The molecular weight excluding hydrogens is 173 g/mol. The van der Waals surface area contributed by atoms with Gasteiger partial charge in [0.15, 0.2) is 5.75 Å². The fourth-order valence-electron chi connectivity index (χ4n) is 1.11. The van der Waals surface area contributed by atoms with Crippen LogP contribution in [0, 0.1) is 0 Å². The summed E-state index contributed by atoms with van der Waals surface area (Å²) in [6, 6.07) is 5.50. The minimum absolute atomic E-state index is 0.173. The predicted octanol–water partition coefficient (Wildman–Crippen LogP) is 2.34. The standard InChI is InChI=1S/C8H8NO2P/c10-7-4-11-8-2-1-5(9-12)3-6(7)8/h1-4,9-10H,12H2. The predicted molar refractivity (Wildman–Crippen MR) is 51.2 cm³/mol. The Morgan fingerprint density at radius 2 is 2.25 bits per heavy atom. The molecular formula is C8H8NO2P. The molecule has 0 saturated carbocycles. The van der Waals surface area contributed by atoms with Crippen LogP contribution in [-0.4, -0.2) is 5.11 Å². The number of fused-ring (bicyclic) bond motifs is 1. The molecule has 1 aromatic heterocycles. The number of anilines is 1. The molecule has 0 fully saturated rings. The van der Waals surface area contributed by atoms with Crippen molar-refractivity contribution in [2.45, 2.75) is 0 Å². The van der Waals surface area contributed by atoms with Crippen molar-refractivity contribution in [2.75, 3.05) is 5.09 Å². The topological polar surface area (TPSA) is 45.4 Å². The highest BCUT2D eigenvalue weighted by atomic mass is 31.0. The first-order chi connectivity index (χ1) is 5.81. The van der Waals surface area contributed by atoms with Gasteiger partial charge in [0, 0.05) is 5.69 Å². The van der Waals surface area contributed by atoms with E-state index in [2.05, 4.69) is 14.5 Å². The van der Waals surface area contributed by atoms with Crippen molar-refractivity contribution in [3.05, 3.63) is 24.5 Å². The van der Waals surface area contributed by atoms with E-state index >= 15 is 0 Å². The van der Waals surface area contributed by atoms with Crippen LogP contribution in [0.1, 0.15) is 0 Å². The van der Waals surface area contributed by atoms with Crippen molar-refractivity contribution in [3.8, 4) is 5.75 Å². The van der Waals surface area contributed by atoms with Gasteiger partial charge in [-0.2, -0.15) is 0 Å². The van der Waals surface area contributed by atoms with E-state index in [0.717, 1.165) is 11.1 Å². The first-order valence-corrected chi connectivity index (χ1v) is 4.06. The van der Waals surface area contributed by atoms with Crippen molar-refractivity contribution >= 4 is 26.0 Å². The Morgan fingerprint density at radius 1 is 1.42 bits per heavy atom. The van der Waals surface area contributed by atoms with Crippen LogP contribution >= 0.6 is 9.39 Å². The van der Waals surface area contributed by atoms with Gasteiger partial charge in [-0.25, -0.2) is 0 Å². The Kier molecular flexibility index (Phi) is 1.66. The monoisotopic (exact) mass is 181 g/mol. The van der Waals surface area contributed by atoms with Crippen LogP contribution in [0.15, 0.2) is 28.9 Å². The summed E-state index contributed by atoms with van der Waals surface area (Å²) >= 11 is 0. The maximum atomic E-state index is 9.30. The minimum Gasteiger partial charge on any atom is -0.504 e. The van der Waals surface area contributed by atoms with Gasteiger partial charge in [0.25, 0.3) is 0 Å². The molecule has 0 spiro atoms. The molecule has 1 heterocycles. The summed E-state index contributed by atoms with van der Waals surface area (Å²) in [4.78, 5) is 0. The average Bonchev–Trinajstić information content (AvgIpc) is 2.47. The Hall–Kier alpha value is -1.21. The van der Waals surface area contributed by atoms with E-state index in [4.69, 9.17) is 4.42 Å². The van der Waals surface area contributed by atoms with Crippen LogP contribution in [0.2, 0.25) is 0 Å². The molecule has 0 bridgehead atoms. The van der Waals surface area contributed by atoms with Gasteiger partial charge in [-0.1, -0.05) is 0 Å². The van der Waals surface area contributed by atoms with Crippen LogP contribution in [0.5, 0.6) is 5.75 Å². The molecule has 4 heteroatoms. The maximum absolute atomic E-state index is 9.30. The van der Waals surface area contributed by atoms with Crippen LogP contribution in [0.4, 0.5) is 5.69 Å². The summed E-state index contributed by atoms with van der Waals surface area (Å²) in [6.07, 6.45) is 1.33. The average molecular weight is 181 g/mol. The van der Waals surface area contributed by atoms with Gasteiger partial charge in [0.05, 0.1) is 5.39 Å². The van der Waals surface area contributed by atoms with Crippen molar-refractivity contribution in [2.24, 2.45) is 0 Å². The van der Waals surface area contributed by atoms with Crippen molar-refractivity contribution in [3.63, 3.8) is 0 Å². The molecule has 0 aliphatic carbocycles. The van der Waals surface area contributed by atoms with E-state index in [0.29, 0.717) is 5.58 Å². The highest BCUT2D eigenvalue weighted by Crippen LogP contribution is 2.29. The zero-order chi connectivity index (χ0) is 8.55. The van der Waals surface area contributed by atoms with Gasteiger partial charge in [0.2, 0.25) is 0 Å². The molecule has 2 rings (SSSR count). The fourth-order valence-corrected chi connectivity index (χ4v) is 1.29. The van der Waals surface area contributed by atoms with E-state index in [-0.39, 0.29) is 5.75 Å². The number of hydrogen-bond acceptors (Lipinski definition) is 3. The Bertz CT molecular complexity index is 410. The highest BCUT2D eigenvalue weighted by Gasteiger charge is 2.03. The summed E-state index contributed by atoms with van der Waals surface area (Å²) in [6.45, 7) is 0. The van der Waals surface area contributed by atoms with Crippen molar-refractivity contribution in [1.29, 1.82) is 0 Å². The molecule has 0 amide bonds. The van der Waals surface area contributed by atoms with E-state index in [9.17, 15) is 5.11 Å². The lowest BCUT2D eigenvalue weighted by Crippen LogP contribution is -1.76. The Balaban J connectivity index is 2.71. The van der Waals surface area contributed by atoms with Crippen LogP contribution in [-0.2, 0) is 0 Å². The highest BCUT2D eigenvalue weighted by molar-refractivity contribution is 7.18. The molecule has 0 radical (unpaired) electrons. The van der Waals surface area contributed by atoms with Gasteiger partial charge in [-0.15, -0.1) is 0 Å². The van der Waals surface area contributed by atoms with Crippen LogP contribution < -0.4 is 5.09 Å². The minimum atomic E-state index is 0.173. The van der Waals surface area contributed by atoms with Gasteiger partial charge in [-0.05, 0) is 27.6 Å². The summed E-state index contributed by atoms with van der Waals surface area (Å²) in [7, 11) is 2.39. The normalized spacial score (nSPS) is 10.4. The van der Waals surface area contributed by atoms with Crippen molar-refractivity contribution < 1.29 is 9.52 Å². The van der Waals surface area contributed by atoms with E-state index in [1.54, 1.807) is 6.07 Å². The third-order valence-corrected chi connectivity index (χ3v) is 2.05. The molecule has 1 atom stereocenters. The van der Waals surface area contributed by atoms with Crippen molar-refractivity contribution in [1.82, 2.24) is 0 Å². The SMILES string of the molecule is Oc1coc2ccc(NP)cc12. The van der Waals surface area contributed by atoms with Gasteiger partial charge in [-0.3, -0.25) is 0 Å². The smallest absolute Gasteiger partial charge is 0.161 e. The number of hydrogen-bond donors (Lipinski definition) is 2.